The summed E-state index contributed by atoms with van der Waals surface area (Å²) in [4.78, 5) is 12.6. The van der Waals surface area contributed by atoms with Crippen molar-refractivity contribution in [3.63, 3.8) is 0 Å². The average Bonchev–Trinajstić information content (AvgIpc) is 3.17. The molecule has 0 bridgehead atoms. The normalized spacial score (nSPS) is 18.2. The molecule has 31 heavy (non-hydrogen) atoms. The topological polar surface area (TPSA) is 59.0 Å². The Labute approximate surface area is 185 Å². The van der Waals surface area contributed by atoms with Gasteiger partial charge in [-0.15, -0.1) is 0 Å². The molecule has 1 aliphatic heterocycles. The van der Waals surface area contributed by atoms with Crippen LogP contribution in [0, 0.1) is 0 Å². The second-order valence-electron chi connectivity index (χ2n) is 7.41. The number of aryl methyl sites for hydroxylation is 1. The van der Waals surface area contributed by atoms with Crippen LogP contribution < -0.4 is 10.6 Å². The Morgan fingerprint density at radius 1 is 1.19 bits per heavy atom. The Morgan fingerprint density at radius 2 is 1.87 bits per heavy atom. The first-order valence-electron chi connectivity index (χ1n) is 9.83. The highest BCUT2D eigenvalue weighted by Gasteiger charge is 2.46. The summed E-state index contributed by atoms with van der Waals surface area (Å²) in [5, 5.41) is 9.77. The van der Waals surface area contributed by atoms with Crippen LogP contribution in [0.2, 0.25) is 0 Å². The molecular weight excluding hydrogens is 473 g/mol. The lowest BCUT2D eigenvalue weighted by Gasteiger charge is -2.33. The van der Waals surface area contributed by atoms with Crippen LogP contribution in [0.3, 0.4) is 0 Å². The molecule has 3 aromatic rings. The third kappa shape index (κ3) is 4.61. The van der Waals surface area contributed by atoms with Gasteiger partial charge in [0.15, 0.2) is 11.7 Å². The summed E-state index contributed by atoms with van der Waals surface area (Å²) in [5.41, 5.74) is 2.33. The van der Waals surface area contributed by atoms with Crippen molar-refractivity contribution in [1.82, 2.24) is 9.78 Å². The van der Waals surface area contributed by atoms with Crippen LogP contribution in [0.1, 0.15) is 47.0 Å². The van der Waals surface area contributed by atoms with Gasteiger partial charge in [-0.05, 0) is 41.8 Å². The molecule has 2 atom stereocenters. The molecule has 1 aliphatic rings. The highest BCUT2D eigenvalue weighted by Crippen LogP contribution is 2.43. The van der Waals surface area contributed by atoms with E-state index in [9.17, 15) is 18.0 Å². The van der Waals surface area contributed by atoms with Crippen molar-refractivity contribution in [1.29, 1.82) is 0 Å². The van der Waals surface area contributed by atoms with Crippen molar-refractivity contribution in [2.24, 2.45) is 0 Å². The number of benzene rings is 2. The van der Waals surface area contributed by atoms with Gasteiger partial charge in [-0.3, -0.25) is 4.79 Å². The molecule has 5 nitrogen and oxygen atoms in total. The molecule has 1 aromatic heterocycles. The number of fused-ring (bicyclic) bond motifs is 1. The fraction of sp³-hybridized carbons (Fsp3) is 0.273. The van der Waals surface area contributed by atoms with Crippen molar-refractivity contribution in [3.8, 4) is 0 Å². The number of halogens is 4. The number of amides is 1. The lowest BCUT2D eigenvalue weighted by molar-refractivity contribution is -0.173. The van der Waals surface area contributed by atoms with Gasteiger partial charge in [0.2, 0.25) is 0 Å². The molecule has 4 rings (SSSR count). The van der Waals surface area contributed by atoms with E-state index < -0.39 is 24.2 Å². The smallest absolute Gasteiger partial charge is 0.363 e. The van der Waals surface area contributed by atoms with Gasteiger partial charge in [-0.2, -0.15) is 18.3 Å². The summed E-state index contributed by atoms with van der Waals surface area (Å²) < 4.78 is 43.1. The summed E-state index contributed by atoms with van der Waals surface area (Å²) in [5.74, 6) is -0.401. The molecule has 0 radical (unpaired) electrons. The highest BCUT2D eigenvalue weighted by atomic mass is 79.9. The minimum absolute atomic E-state index is 0.0761. The first-order valence-corrected chi connectivity index (χ1v) is 10.6. The van der Waals surface area contributed by atoms with Crippen molar-refractivity contribution < 1.29 is 18.0 Å². The van der Waals surface area contributed by atoms with Gasteiger partial charge in [0.1, 0.15) is 5.82 Å². The highest BCUT2D eigenvalue weighted by molar-refractivity contribution is 9.10. The maximum atomic E-state index is 13.8. The monoisotopic (exact) mass is 492 g/mol. The number of alkyl halides is 3. The second kappa shape index (κ2) is 8.37. The Bertz CT molecular complexity index is 1080. The maximum absolute atomic E-state index is 13.8. The van der Waals surface area contributed by atoms with Gasteiger partial charge in [-0.25, -0.2) is 4.68 Å². The van der Waals surface area contributed by atoms with E-state index in [0.29, 0.717) is 5.69 Å². The second-order valence-corrected chi connectivity index (χ2v) is 8.32. The molecule has 2 N–H and O–H groups in total. The minimum Gasteiger partial charge on any atom is -0.363 e. The number of rotatable bonds is 4. The zero-order valence-corrected chi connectivity index (χ0v) is 18.2. The molecule has 0 spiro atoms. The van der Waals surface area contributed by atoms with E-state index in [-0.39, 0.29) is 17.9 Å². The van der Waals surface area contributed by atoms with Crippen LogP contribution in [0.4, 0.5) is 24.7 Å². The molecular formula is C22H20BrF3N4O. The van der Waals surface area contributed by atoms with E-state index in [1.807, 2.05) is 19.1 Å². The molecule has 9 heteroatoms. The van der Waals surface area contributed by atoms with Crippen molar-refractivity contribution >= 4 is 33.3 Å². The molecule has 1 amide bonds. The van der Waals surface area contributed by atoms with Crippen molar-refractivity contribution in [2.75, 3.05) is 10.6 Å². The molecule has 2 unspecified atom stereocenters. The lowest BCUT2D eigenvalue weighted by Crippen LogP contribution is -2.35. The number of hydrogen-bond donors (Lipinski definition) is 2. The van der Waals surface area contributed by atoms with E-state index in [2.05, 4.69) is 31.7 Å². The number of carbonyl (C=O) groups excluding carboxylic acids is 1. The van der Waals surface area contributed by atoms with Gasteiger partial charge in [0, 0.05) is 22.6 Å². The fourth-order valence-corrected chi connectivity index (χ4v) is 3.88. The molecule has 2 heterocycles. The van der Waals surface area contributed by atoms with Crippen LogP contribution in [-0.4, -0.2) is 21.9 Å². The quantitative estimate of drug-likeness (QED) is 0.461. The van der Waals surface area contributed by atoms with Crippen LogP contribution in [-0.2, 0) is 6.42 Å². The Morgan fingerprint density at radius 3 is 2.48 bits per heavy atom. The molecule has 162 valence electrons. The lowest BCUT2D eigenvalue weighted by atomic mass is 9.97. The molecule has 2 aromatic carbocycles. The van der Waals surface area contributed by atoms with Gasteiger partial charge in [-0.1, -0.05) is 47.1 Å². The third-order valence-corrected chi connectivity index (χ3v) is 5.84. The number of hydrogen-bond acceptors (Lipinski definition) is 3. The standard InChI is InChI=1S/C22H20BrF3N4O/c1-2-13-3-9-16(10-4-13)27-21(31)18-12-20-28-17(14-5-7-15(23)8-6-14)11-19(22(24,25)26)30(20)29-18/h3-10,12,17,19,28H,2,11H2,1H3,(H,27,31). The van der Waals surface area contributed by atoms with Gasteiger partial charge >= 0.3 is 6.18 Å². The summed E-state index contributed by atoms with van der Waals surface area (Å²) in [6, 6.07) is 13.4. The average molecular weight is 493 g/mol. The number of nitrogens with zero attached hydrogens (tertiary/aromatic N) is 2. The number of anilines is 2. The maximum Gasteiger partial charge on any atom is 0.410 e. The number of nitrogens with one attached hydrogen (secondary N) is 2. The number of aromatic nitrogens is 2. The summed E-state index contributed by atoms with van der Waals surface area (Å²) in [6.07, 6.45) is -3.86. The third-order valence-electron chi connectivity index (χ3n) is 5.31. The predicted molar refractivity (Wildman–Crippen MR) is 116 cm³/mol. The van der Waals surface area contributed by atoms with E-state index in [1.165, 1.54) is 6.07 Å². The Kier molecular flexibility index (Phi) is 5.79. The first kappa shape index (κ1) is 21.4. The summed E-state index contributed by atoms with van der Waals surface area (Å²) >= 11 is 3.33. The van der Waals surface area contributed by atoms with E-state index in [1.54, 1.807) is 36.4 Å². The van der Waals surface area contributed by atoms with Gasteiger partial charge < -0.3 is 10.6 Å². The van der Waals surface area contributed by atoms with Gasteiger partial charge in [0.25, 0.3) is 5.91 Å². The molecule has 0 saturated carbocycles. The van der Waals surface area contributed by atoms with Gasteiger partial charge in [0.05, 0.1) is 6.04 Å². The zero-order valence-electron chi connectivity index (χ0n) is 16.6. The van der Waals surface area contributed by atoms with Crippen LogP contribution >= 0.6 is 15.9 Å². The Balaban J connectivity index is 1.61. The van der Waals surface area contributed by atoms with Crippen LogP contribution in [0.25, 0.3) is 0 Å². The first-order chi connectivity index (χ1) is 14.7. The van der Waals surface area contributed by atoms with Crippen LogP contribution in [0.5, 0.6) is 0 Å². The SMILES string of the molecule is CCc1ccc(NC(=O)c2cc3n(n2)C(C(F)(F)F)CC(c2ccc(Br)cc2)N3)cc1. The largest absolute Gasteiger partial charge is 0.410 e. The molecule has 0 saturated heterocycles. The molecule has 0 fully saturated rings. The summed E-state index contributed by atoms with van der Waals surface area (Å²) in [7, 11) is 0. The van der Waals surface area contributed by atoms with E-state index >= 15 is 0 Å². The van der Waals surface area contributed by atoms with Crippen LogP contribution in [0.15, 0.2) is 59.1 Å². The minimum atomic E-state index is -4.50. The predicted octanol–water partition coefficient (Wildman–Crippen LogP) is 6.12. The Hall–Kier alpha value is -2.81. The fourth-order valence-electron chi connectivity index (χ4n) is 3.62. The molecule has 0 aliphatic carbocycles. The van der Waals surface area contributed by atoms with Crippen molar-refractivity contribution in [2.45, 2.75) is 38.0 Å². The van der Waals surface area contributed by atoms with Crippen molar-refractivity contribution in [3.05, 3.63) is 75.9 Å². The zero-order chi connectivity index (χ0) is 22.2. The van der Waals surface area contributed by atoms with E-state index in [4.69, 9.17) is 0 Å². The number of carbonyl (C=O) groups is 1. The summed E-state index contributed by atoms with van der Waals surface area (Å²) in [6.45, 7) is 2.02. The van der Waals surface area contributed by atoms with E-state index in [0.717, 1.165) is 26.7 Å².